The predicted molar refractivity (Wildman–Crippen MR) is 64.5 cm³/mol. The first-order valence-electron chi connectivity index (χ1n) is 6.00. The van der Waals surface area contributed by atoms with Crippen LogP contribution in [0.25, 0.3) is 0 Å². The molecule has 0 aliphatic heterocycles. The summed E-state index contributed by atoms with van der Waals surface area (Å²) in [4.78, 5) is 6.59. The topological polar surface area (TPSA) is 53.6 Å². The van der Waals surface area contributed by atoms with Crippen LogP contribution in [-0.4, -0.2) is 31.0 Å². The summed E-state index contributed by atoms with van der Waals surface area (Å²) in [6.45, 7) is 4.11. The molecule has 1 aliphatic carbocycles. The molecule has 0 unspecified atom stereocenters. The summed E-state index contributed by atoms with van der Waals surface area (Å²) in [5.41, 5.74) is 2.69. The molecular formula is C11H24N4. The summed E-state index contributed by atoms with van der Waals surface area (Å²) in [6, 6.07) is 0. The number of nitrogens with one attached hydrogen (secondary N) is 1. The van der Waals surface area contributed by atoms with Gasteiger partial charge in [-0.2, -0.15) is 0 Å². The van der Waals surface area contributed by atoms with E-state index < -0.39 is 0 Å². The van der Waals surface area contributed by atoms with Gasteiger partial charge in [-0.05, 0) is 25.2 Å². The van der Waals surface area contributed by atoms with E-state index in [4.69, 9.17) is 5.84 Å². The van der Waals surface area contributed by atoms with Gasteiger partial charge in [0.15, 0.2) is 0 Å². The molecule has 0 heterocycles. The van der Waals surface area contributed by atoms with Crippen molar-refractivity contribution in [1.29, 1.82) is 0 Å². The fraction of sp³-hybridized carbons (Fsp3) is 0.909. The van der Waals surface area contributed by atoms with E-state index in [-0.39, 0.29) is 0 Å². The van der Waals surface area contributed by atoms with E-state index >= 15 is 0 Å². The largest absolute Gasteiger partial charge is 0.345 e. The number of hydrazine groups is 1. The fourth-order valence-electron chi connectivity index (χ4n) is 1.77. The van der Waals surface area contributed by atoms with E-state index in [2.05, 4.69) is 29.3 Å². The van der Waals surface area contributed by atoms with Gasteiger partial charge in [-0.3, -0.25) is 10.4 Å². The first kappa shape index (κ1) is 12.3. The lowest BCUT2D eigenvalue weighted by atomic mass is 9.85. The van der Waals surface area contributed by atoms with Crippen molar-refractivity contribution in [1.82, 2.24) is 10.3 Å². The van der Waals surface area contributed by atoms with Crippen LogP contribution in [0.5, 0.6) is 0 Å². The Kier molecular flexibility index (Phi) is 5.47. The molecule has 0 bridgehead atoms. The Balaban J connectivity index is 2.30. The predicted octanol–water partition coefficient (Wildman–Crippen LogP) is 1.34. The van der Waals surface area contributed by atoms with Crippen LogP contribution in [0.2, 0.25) is 0 Å². The minimum absolute atomic E-state index is 0.829. The van der Waals surface area contributed by atoms with Crippen molar-refractivity contribution in [3.8, 4) is 0 Å². The second kappa shape index (κ2) is 6.67. The van der Waals surface area contributed by atoms with E-state index in [0.717, 1.165) is 31.4 Å². The number of hydrogen-bond donors (Lipinski definition) is 2. The highest BCUT2D eigenvalue weighted by Gasteiger charge is 2.20. The van der Waals surface area contributed by atoms with Gasteiger partial charge in [-0.25, -0.2) is 5.84 Å². The Morgan fingerprint density at radius 2 is 2.27 bits per heavy atom. The Bertz CT molecular complexity index is 199. The number of rotatable bonds is 5. The molecule has 1 rings (SSSR count). The van der Waals surface area contributed by atoms with Gasteiger partial charge < -0.3 is 4.90 Å². The van der Waals surface area contributed by atoms with E-state index in [0.29, 0.717) is 0 Å². The van der Waals surface area contributed by atoms with Crippen molar-refractivity contribution >= 4 is 5.96 Å². The molecule has 0 saturated heterocycles. The van der Waals surface area contributed by atoms with Crippen LogP contribution in [0, 0.1) is 5.92 Å². The first-order chi connectivity index (χ1) is 7.27. The highest BCUT2D eigenvalue weighted by Crippen LogP contribution is 2.26. The van der Waals surface area contributed by atoms with Crippen LogP contribution < -0.4 is 11.3 Å². The molecule has 0 atom stereocenters. The van der Waals surface area contributed by atoms with Crippen molar-refractivity contribution < 1.29 is 0 Å². The average Bonchev–Trinajstić information content (AvgIpc) is 2.18. The van der Waals surface area contributed by atoms with E-state index in [9.17, 15) is 0 Å². The van der Waals surface area contributed by atoms with Gasteiger partial charge >= 0.3 is 0 Å². The molecule has 0 amide bonds. The van der Waals surface area contributed by atoms with E-state index in [1.165, 1.54) is 25.7 Å². The summed E-state index contributed by atoms with van der Waals surface area (Å²) in [6.07, 6.45) is 6.40. The SMILES string of the molecule is CCCCN=C(NN)N(C)CC1CCC1. The average molecular weight is 212 g/mol. The quantitative estimate of drug-likeness (QED) is 0.238. The van der Waals surface area contributed by atoms with E-state index in [1.807, 2.05) is 0 Å². The molecule has 88 valence electrons. The molecular weight excluding hydrogens is 188 g/mol. The maximum absolute atomic E-state index is 5.47. The number of hydrogen-bond acceptors (Lipinski definition) is 2. The van der Waals surface area contributed by atoms with E-state index in [1.54, 1.807) is 0 Å². The summed E-state index contributed by atoms with van der Waals surface area (Å²) in [5.74, 6) is 7.14. The molecule has 0 spiro atoms. The Labute approximate surface area is 92.9 Å². The van der Waals surface area contributed by atoms with Gasteiger partial charge in [0.25, 0.3) is 0 Å². The van der Waals surface area contributed by atoms with Crippen molar-refractivity contribution in [3.63, 3.8) is 0 Å². The zero-order valence-electron chi connectivity index (χ0n) is 10.00. The molecule has 0 radical (unpaired) electrons. The minimum Gasteiger partial charge on any atom is -0.345 e. The van der Waals surface area contributed by atoms with Gasteiger partial charge in [0.1, 0.15) is 0 Å². The maximum atomic E-state index is 5.47. The van der Waals surface area contributed by atoms with Crippen molar-refractivity contribution in [2.24, 2.45) is 16.8 Å². The van der Waals surface area contributed by atoms with Gasteiger partial charge in [-0.1, -0.05) is 19.8 Å². The molecule has 1 aliphatic rings. The molecule has 0 aromatic heterocycles. The van der Waals surface area contributed by atoms with Gasteiger partial charge in [0, 0.05) is 20.1 Å². The number of aliphatic imine (C=N–C) groups is 1. The molecule has 15 heavy (non-hydrogen) atoms. The number of guanidine groups is 1. The Morgan fingerprint density at radius 1 is 1.53 bits per heavy atom. The summed E-state index contributed by atoms with van der Waals surface area (Å²) >= 11 is 0. The van der Waals surface area contributed by atoms with Crippen molar-refractivity contribution in [2.45, 2.75) is 39.0 Å². The van der Waals surface area contributed by atoms with Crippen LogP contribution in [0.4, 0.5) is 0 Å². The van der Waals surface area contributed by atoms with Crippen LogP contribution in [0.3, 0.4) is 0 Å². The monoisotopic (exact) mass is 212 g/mol. The third kappa shape index (κ3) is 4.08. The molecule has 4 nitrogen and oxygen atoms in total. The highest BCUT2D eigenvalue weighted by molar-refractivity contribution is 5.79. The van der Waals surface area contributed by atoms with Crippen molar-refractivity contribution in [2.75, 3.05) is 20.1 Å². The smallest absolute Gasteiger partial charge is 0.208 e. The number of unbranched alkanes of at least 4 members (excludes halogenated alkanes) is 1. The zero-order valence-corrected chi connectivity index (χ0v) is 10.00. The van der Waals surface area contributed by atoms with Gasteiger partial charge in [0.05, 0.1) is 0 Å². The molecule has 4 heteroatoms. The maximum Gasteiger partial charge on any atom is 0.208 e. The second-order valence-electron chi connectivity index (χ2n) is 4.38. The molecule has 0 aromatic rings. The van der Waals surface area contributed by atoms with Crippen molar-refractivity contribution in [3.05, 3.63) is 0 Å². The molecule has 0 aromatic carbocycles. The number of nitrogens with two attached hydrogens (primary N) is 1. The lowest BCUT2D eigenvalue weighted by Gasteiger charge is -2.31. The molecule has 1 fully saturated rings. The second-order valence-corrected chi connectivity index (χ2v) is 4.38. The third-order valence-corrected chi connectivity index (χ3v) is 3.02. The van der Waals surface area contributed by atoms with Crippen LogP contribution in [-0.2, 0) is 0 Å². The number of nitrogens with zero attached hydrogens (tertiary/aromatic N) is 2. The van der Waals surface area contributed by atoms with Crippen LogP contribution in [0.1, 0.15) is 39.0 Å². The Hall–Kier alpha value is -0.770. The highest BCUT2D eigenvalue weighted by atomic mass is 15.4. The fourth-order valence-corrected chi connectivity index (χ4v) is 1.77. The van der Waals surface area contributed by atoms with Gasteiger partial charge in [-0.15, -0.1) is 0 Å². The third-order valence-electron chi connectivity index (χ3n) is 3.02. The summed E-state index contributed by atoms with van der Waals surface area (Å²) in [5, 5.41) is 0. The standard InChI is InChI=1S/C11H24N4/c1-3-4-8-13-11(14-12)15(2)9-10-6-5-7-10/h10H,3-9,12H2,1-2H3,(H,13,14). The Morgan fingerprint density at radius 3 is 2.73 bits per heavy atom. The lowest BCUT2D eigenvalue weighted by molar-refractivity contribution is 0.255. The molecule has 3 N–H and O–H groups in total. The van der Waals surface area contributed by atoms with Gasteiger partial charge in [0.2, 0.25) is 5.96 Å². The molecule has 1 saturated carbocycles. The summed E-state index contributed by atoms with van der Waals surface area (Å²) < 4.78 is 0. The summed E-state index contributed by atoms with van der Waals surface area (Å²) in [7, 11) is 2.06. The van der Waals surface area contributed by atoms with Crippen LogP contribution >= 0.6 is 0 Å². The first-order valence-corrected chi connectivity index (χ1v) is 6.00. The lowest BCUT2D eigenvalue weighted by Crippen LogP contribution is -2.45. The minimum atomic E-state index is 0.829. The normalized spacial score (nSPS) is 17.4. The van der Waals surface area contributed by atoms with Crippen LogP contribution in [0.15, 0.2) is 4.99 Å². The zero-order chi connectivity index (χ0) is 11.1.